The number of hydrogen-bond donors (Lipinski definition) is 1. The number of carbonyl (C=O) groups is 1. The molecule has 0 aromatic heterocycles. The summed E-state index contributed by atoms with van der Waals surface area (Å²) in [5.74, 6) is 0.0670. The number of amides is 1. The largest absolute Gasteiger partial charge is 0.369 e. The van der Waals surface area contributed by atoms with Crippen LogP contribution in [-0.2, 0) is 4.79 Å². The Morgan fingerprint density at radius 1 is 1.56 bits per heavy atom. The van der Waals surface area contributed by atoms with Crippen LogP contribution >= 0.6 is 23.2 Å². The first kappa shape index (κ1) is 9.05. The number of hydrogen-bond acceptors (Lipinski definition) is 1. The minimum atomic E-state index is -0.370. The van der Waals surface area contributed by atoms with Gasteiger partial charge in [0.05, 0.1) is 5.92 Å². The molecule has 1 atom stereocenters. The zero-order chi connectivity index (χ0) is 7.28. The molecule has 0 saturated carbocycles. The van der Waals surface area contributed by atoms with Crippen molar-refractivity contribution in [3.63, 3.8) is 0 Å². The van der Waals surface area contributed by atoms with Crippen LogP contribution in [0.3, 0.4) is 0 Å². The molecule has 1 unspecified atom stereocenters. The molecule has 0 aliphatic carbocycles. The van der Waals surface area contributed by atoms with Crippen LogP contribution in [0.2, 0.25) is 0 Å². The van der Waals surface area contributed by atoms with Crippen LogP contribution in [0.5, 0.6) is 0 Å². The molecule has 0 spiro atoms. The maximum atomic E-state index is 10.4. The van der Waals surface area contributed by atoms with E-state index < -0.39 is 0 Å². The number of alkyl halides is 2. The van der Waals surface area contributed by atoms with Crippen molar-refractivity contribution >= 4 is 29.1 Å². The molecule has 0 aromatic carbocycles. The molecule has 0 aliphatic rings. The first-order valence-corrected chi connectivity index (χ1v) is 3.70. The van der Waals surface area contributed by atoms with E-state index in [9.17, 15) is 4.79 Å². The molecule has 9 heavy (non-hydrogen) atoms. The molecule has 1 amide bonds. The van der Waals surface area contributed by atoms with E-state index in [1.54, 1.807) is 0 Å². The Morgan fingerprint density at radius 3 is 2.22 bits per heavy atom. The number of primary amides is 1. The van der Waals surface area contributed by atoms with E-state index in [-0.39, 0.29) is 17.7 Å². The van der Waals surface area contributed by atoms with E-state index in [1.165, 1.54) is 0 Å². The first-order chi connectivity index (χ1) is 4.22. The second-order valence-electron chi connectivity index (χ2n) is 1.73. The molecule has 0 aliphatic heterocycles. The lowest BCUT2D eigenvalue weighted by Gasteiger charge is -2.04. The molecular weight excluding hydrogens is 161 g/mol. The van der Waals surface area contributed by atoms with Gasteiger partial charge in [0.25, 0.3) is 0 Å². The van der Waals surface area contributed by atoms with Crippen molar-refractivity contribution in [2.24, 2.45) is 11.7 Å². The molecular formula is C5H9Cl2NO. The number of nitrogens with two attached hydrogens (primary N) is 1. The van der Waals surface area contributed by atoms with Crippen LogP contribution in [0, 0.1) is 5.92 Å². The SMILES string of the molecule is NC(=O)C(CCl)CCCl. The maximum absolute atomic E-state index is 10.4. The van der Waals surface area contributed by atoms with Crippen LogP contribution < -0.4 is 5.73 Å². The highest BCUT2D eigenvalue weighted by Crippen LogP contribution is 2.05. The van der Waals surface area contributed by atoms with Crippen LogP contribution in [0.15, 0.2) is 0 Å². The van der Waals surface area contributed by atoms with E-state index in [4.69, 9.17) is 28.9 Å². The Hall–Kier alpha value is 0.0500. The summed E-state index contributed by atoms with van der Waals surface area (Å²) in [5.41, 5.74) is 4.95. The molecule has 0 rings (SSSR count). The molecule has 0 bridgehead atoms. The fourth-order valence-corrected chi connectivity index (χ4v) is 0.997. The van der Waals surface area contributed by atoms with Gasteiger partial charge in [0, 0.05) is 11.8 Å². The van der Waals surface area contributed by atoms with Gasteiger partial charge in [-0.25, -0.2) is 0 Å². The van der Waals surface area contributed by atoms with Crippen LogP contribution in [-0.4, -0.2) is 17.7 Å². The lowest BCUT2D eigenvalue weighted by atomic mass is 10.1. The molecule has 0 fully saturated rings. The van der Waals surface area contributed by atoms with E-state index in [1.807, 2.05) is 0 Å². The highest BCUT2D eigenvalue weighted by molar-refractivity contribution is 6.20. The van der Waals surface area contributed by atoms with Gasteiger partial charge in [0.15, 0.2) is 0 Å². The standard InChI is InChI=1S/C5H9Cl2NO/c6-2-1-4(3-7)5(8)9/h4H,1-3H2,(H2,8,9). The van der Waals surface area contributed by atoms with Crippen LogP contribution in [0.4, 0.5) is 0 Å². The third kappa shape index (κ3) is 3.60. The second kappa shape index (κ2) is 4.89. The fraction of sp³-hybridized carbons (Fsp3) is 0.800. The summed E-state index contributed by atoms with van der Waals surface area (Å²) in [6.07, 6.45) is 0.570. The fourth-order valence-electron chi connectivity index (χ4n) is 0.427. The molecule has 54 valence electrons. The lowest BCUT2D eigenvalue weighted by Crippen LogP contribution is -2.24. The Morgan fingerprint density at radius 2 is 2.11 bits per heavy atom. The molecule has 0 heterocycles. The van der Waals surface area contributed by atoms with E-state index in [0.717, 1.165) is 0 Å². The highest BCUT2D eigenvalue weighted by atomic mass is 35.5. The van der Waals surface area contributed by atoms with Crippen LogP contribution in [0.1, 0.15) is 6.42 Å². The monoisotopic (exact) mass is 169 g/mol. The van der Waals surface area contributed by atoms with Gasteiger partial charge in [-0.05, 0) is 6.42 Å². The maximum Gasteiger partial charge on any atom is 0.221 e. The van der Waals surface area contributed by atoms with Gasteiger partial charge in [-0.1, -0.05) is 0 Å². The first-order valence-electron chi connectivity index (χ1n) is 2.63. The lowest BCUT2D eigenvalue weighted by molar-refractivity contribution is -0.121. The molecule has 4 heteroatoms. The highest BCUT2D eigenvalue weighted by Gasteiger charge is 2.11. The Kier molecular flexibility index (Phi) is 4.91. The molecule has 2 nitrogen and oxygen atoms in total. The Balaban J connectivity index is 3.54. The average molecular weight is 170 g/mol. The molecule has 0 saturated heterocycles. The van der Waals surface area contributed by atoms with Gasteiger partial charge < -0.3 is 5.73 Å². The number of halogens is 2. The van der Waals surface area contributed by atoms with E-state index in [2.05, 4.69) is 0 Å². The van der Waals surface area contributed by atoms with Crippen molar-refractivity contribution in [1.29, 1.82) is 0 Å². The predicted octanol–water partition coefficient (Wildman–Crippen LogP) is 0.956. The van der Waals surface area contributed by atoms with Crippen molar-refractivity contribution in [3.05, 3.63) is 0 Å². The molecule has 2 N–H and O–H groups in total. The number of rotatable bonds is 4. The van der Waals surface area contributed by atoms with Gasteiger partial charge in [0.2, 0.25) is 5.91 Å². The van der Waals surface area contributed by atoms with Crippen molar-refractivity contribution in [1.82, 2.24) is 0 Å². The topological polar surface area (TPSA) is 43.1 Å². The predicted molar refractivity (Wildman–Crippen MR) is 38.7 cm³/mol. The van der Waals surface area contributed by atoms with Gasteiger partial charge >= 0.3 is 0 Å². The third-order valence-corrected chi connectivity index (χ3v) is 1.64. The summed E-state index contributed by atoms with van der Waals surface area (Å²) in [5, 5.41) is 0. The molecule has 0 aromatic rings. The van der Waals surface area contributed by atoms with Gasteiger partial charge in [0.1, 0.15) is 0 Å². The summed E-state index contributed by atoms with van der Waals surface area (Å²) in [7, 11) is 0. The Labute approximate surface area is 64.3 Å². The minimum Gasteiger partial charge on any atom is -0.369 e. The minimum absolute atomic E-state index is 0.260. The van der Waals surface area contributed by atoms with Crippen molar-refractivity contribution in [2.45, 2.75) is 6.42 Å². The van der Waals surface area contributed by atoms with Crippen molar-refractivity contribution < 1.29 is 4.79 Å². The summed E-state index contributed by atoms with van der Waals surface area (Å²) in [4.78, 5) is 10.4. The van der Waals surface area contributed by atoms with E-state index in [0.29, 0.717) is 12.3 Å². The summed E-state index contributed by atoms with van der Waals surface area (Å²) in [6, 6.07) is 0. The van der Waals surface area contributed by atoms with E-state index >= 15 is 0 Å². The second-order valence-corrected chi connectivity index (χ2v) is 2.42. The quantitative estimate of drug-likeness (QED) is 0.627. The number of carbonyl (C=O) groups excluding carboxylic acids is 1. The van der Waals surface area contributed by atoms with Crippen molar-refractivity contribution in [2.75, 3.05) is 11.8 Å². The van der Waals surface area contributed by atoms with Gasteiger partial charge in [-0.2, -0.15) is 0 Å². The average Bonchev–Trinajstić information content (AvgIpc) is 1.82. The zero-order valence-electron chi connectivity index (χ0n) is 4.94. The summed E-state index contributed by atoms with van der Waals surface area (Å²) >= 11 is 10.7. The third-order valence-electron chi connectivity index (χ3n) is 1.05. The Bertz CT molecular complexity index is 97.0. The zero-order valence-corrected chi connectivity index (χ0v) is 6.45. The summed E-state index contributed by atoms with van der Waals surface area (Å²) < 4.78 is 0. The van der Waals surface area contributed by atoms with Crippen LogP contribution in [0.25, 0.3) is 0 Å². The van der Waals surface area contributed by atoms with Gasteiger partial charge in [-0.3, -0.25) is 4.79 Å². The van der Waals surface area contributed by atoms with Crippen molar-refractivity contribution in [3.8, 4) is 0 Å². The normalized spacial score (nSPS) is 13.1. The summed E-state index contributed by atoms with van der Waals surface area (Å²) in [6.45, 7) is 0. The van der Waals surface area contributed by atoms with Gasteiger partial charge in [-0.15, -0.1) is 23.2 Å². The smallest absolute Gasteiger partial charge is 0.221 e. The molecule has 0 radical (unpaired) electrons.